The second-order valence-electron chi connectivity index (χ2n) is 3.90. The lowest BCUT2D eigenvalue weighted by atomic mass is 9.94. The van der Waals surface area contributed by atoms with Crippen LogP contribution < -0.4 is 5.32 Å². The Morgan fingerprint density at radius 3 is 2.67 bits per heavy atom. The van der Waals surface area contributed by atoms with E-state index in [1.54, 1.807) is 6.92 Å². The number of carbonyl (C=O) groups is 1. The van der Waals surface area contributed by atoms with Crippen molar-refractivity contribution in [1.29, 1.82) is 0 Å². The number of Topliss-reactive ketones (excluding diaryl/α,β-unsaturated/α-hetero) is 1. The Morgan fingerprint density at radius 1 is 1.58 bits per heavy atom. The molecule has 2 heteroatoms. The predicted octanol–water partition coefficient (Wildman–Crippen LogP) is 1.74. The van der Waals surface area contributed by atoms with Gasteiger partial charge in [-0.25, -0.2) is 0 Å². The van der Waals surface area contributed by atoms with E-state index in [1.165, 1.54) is 12.8 Å². The summed E-state index contributed by atoms with van der Waals surface area (Å²) in [5.74, 6) is 1.00. The zero-order valence-corrected chi connectivity index (χ0v) is 8.26. The molecule has 1 aliphatic heterocycles. The van der Waals surface area contributed by atoms with Crippen LogP contribution in [0.25, 0.3) is 0 Å². The quantitative estimate of drug-likeness (QED) is 0.697. The molecular formula is C10H19NO. The fraction of sp³-hybridized carbons (Fsp3) is 0.900. The number of rotatable bonds is 3. The predicted molar refractivity (Wildman–Crippen MR) is 50.1 cm³/mol. The van der Waals surface area contributed by atoms with Crippen LogP contribution in [0.15, 0.2) is 0 Å². The first-order valence-corrected chi connectivity index (χ1v) is 4.91. The van der Waals surface area contributed by atoms with Crippen LogP contribution in [0.2, 0.25) is 0 Å². The Labute approximate surface area is 74.7 Å². The standard InChI is InChI=1S/C10H19NO/c1-4-5-9-6-10(8(3)12)11-7(9)2/h7,9-11H,4-6H2,1-3H3. The van der Waals surface area contributed by atoms with E-state index in [9.17, 15) is 4.79 Å². The molecule has 1 heterocycles. The number of nitrogens with one attached hydrogen (secondary N) is 1. The summed E-state index contributed by atoms with van der Waals surface area (Å²) >= 11 is 0. The molecule has 0 bridgehead atoms. The topological polar surface area (TPSA) is 29.1 Å². The van der Waals surface area contributed by atoms with Crippen molar-refractivity contribution in [2.45, 2.75) is 52.1 Å². The van der Waals surface area contributed by atoms with Crippen LogP contribution in [-0.2, 0) is 4.79 Å². The zero-order chi connectivity index (χ0) is 9.14. The Morgan fingerprint density at radius 2 is 2.25 bits per heavy atom. The Balaban J connectivity index is 2.44. The van der Waals surface area contributed by atoms with Crippen LogP contribution in [0.3, 0.4) is 0 Å². The first-order valence-electron chi connectivity index (χ1n) is 4.91. The molecule has 0 aromatic carbocycles. The fourth-order valence-electron chi connectivity index (χ4n) is 2.05. The van der Waals surface area contributed by atoms with Crippen LogP contribution in [0, 0.1) is 5.92 Å². The molecule has 0 aliphatic carbocycles. The van der Waals surface area contributed by atoms with Gasteiger partial charge >= 0.3 is 0 Å². The van der Waals surface area contributed by atoms with E-state index in [4.69, 9.17) is 0 Å². The van der Waals surface area contributed by atoms with Crippen molar-refractivity contribution < 1.29 is 4.79 Å². The molecule has 0 saturated carbocycles. The van der Waals surface area contributed by atoms with Crippen molar-refractivity contribution in [1.82, 2.24) is 5.32 Å². The van der Waals surface area contributed by atoms with Crippen molar-refractivity contribution in [2.75, 3.05) is 0 Å². The highest BCUT2D eigenvalue weighted by Gasteiger charge is 2.31. The smallest absolute Gasteiger partial charge is 0.146 e. The van der Waals surface area contributed by atoms with E-state index < -0.39 is 0 Å². The van der Waals surface area contributed by atoms with E-state index in [0.29, 0.717) is 17.7 Å². The van der Waals surface area contributed by atoms with Gasteiger partial charge in [0.25, 0.3) is 0 Å². The first kappa shape index (κ1) is 9.72. The summed E-state index contributed by atoms with van der Waals surface area (Å²) in [6.45, 7) is 6.07. The molecule has 3 atom stereocenters. The van der Waals surface area contributed by atoms with Gasteiger partial charge in [0.2, 0.25) is 0 Å². The van der Waals surface area contributed by atoms with Crippen LogP contribution in [0.4, 0.5) is 0 Å². The minimum atomic E-state index is 0.136. The summed E-state index contributed by atoms with van der Waals surface area (Å²) in [6, 6.07) is 0.662. The molecule has 2 nitrogen and oxygen atoms in total. The number of carbonyl (C=O) groups excluding carboxylic acids is 1. The van der Waals surface area contributed by atoms with Gasteiger partial charge in [-0.05, 0) is 32.6 Å². The van der Waals surface area contributed by atoms with Crippen molar-refractivity contribution in [3.63, 3.8) is 0 Å². The molecule has 0 amide bonds. The molecule has 0 spiro atoms. The van der Waals surface area contributed by atoms with Crippen molar-refractivity contribution >= 4 is 5.78 Å². The molecule has 0 aromatic heterocycles. The molecule has 12 heavy (non-hydrogen) atoms. The lowest BCUT2D eigenvalue weighted by Crippen LogP contribution is -2.33. The van der Waals surface area contributed by atoms with Crippen molar-refractivity contribution in [2.24, 2.45) is 5.92 Å². The number of hydrogen-bond donors (Lipinski definition) is 1. The van der Waals surface area contributed by atoms with Crippen LogP contribution in [-0.4, -0.2) is 17.9 Å². The summed E-state index contributed by atoms with van der Waals surface area (Å²) in [5, 5.41) is 3.34. The van der Waals surface area contributed by atoms with Crippen molar-refractivity contribution in [3.05, 3.63) is 0 Å². The molecule has 1 aliphatic rings. The first-order chi connectivity index (χ1) is 5.65. The maximum atomic E-state index is 11.1. The molecule has 1 rings (SSSR count). The minimum Gasteiger partial charge on any atom is -0.305 e. The van der Waals surface area contributed by atoms with Gasteiger partial charge < -0.3 is 5.32 Å². The summed E-state index contributed by atoms with van der Waals surface area (Å²) in [5.41, 5.74) is 0. The molecular weight excluding hydrogens is 150 g/mol. The van der Waals surface area contributed by atoms with Crippen LogP contribution in [0.5, 0.6) is 0 Å². The van der Waals surface area contributed by atoms with Gasteiger partial charge in [-0.15, -0.1) is 0 Å². The largest absolute Gasteiger partial charge is 0.305 e. The van der Waals surface area contributed by atoms with Gasteiger partial charge in [0, 0.05) is 6.04 Å². The Kier molecular flexibility index (Phi) is 3.27. The van der Waals surface area contributed by atoms with Crippen LogP contribution >= 0.6 is 0 Å². The Hall–Kier alpha value is -0.370. The van der Waals surface area contributed by atoms with Gasteiger partial charge in [-0.3, -0.25) is 4.79 Å². The van der Waals surface area contributed by atoms with Gasteiger partial charge in [0.15, 0.2) is 0 Å². The van der Waals surface area contributed by atoms with E-state index in [2.05, 4.69) is 19.2 Å². The van der Waals surface area contributed by atoms with Crippen LogP contribution in [0.1, 0.15) is 40.0 Å². The molecule has 70 valence electrons. The highest BCUT2D eigenvalue weighted by Crippen LogP contribution is 2.24. The average Bonchev–Trinajstić information content (AvgIpc) is 2.34. The summed E-state index contributed by atoms with van der Waals surface area (Å²) in [4.78, 5) is 11.1. The van der Waals surface area contributed by atoms with E-state index in [-0.39, 0.29) is 6.04 Å². The lowest BCUT2D eigenvalue weighted by Gasteiger charge is -2.12. The molecule has 0 radical (unpaired) electrons. The maximum absolute atomic E-state index is 11.1. The molecule has 0 aromatic rings. The number of hydrogen-bond acceptors (Lipinski definition) is 2. The number of ketones is 1. The normalized spacial score (nSPS) is 35.4. The van der Waals surface area contributed by atoms with Gasteiger partial charge in [0.1, 0.15) is 5.78 Å². The minimum absolute atomic E-state index is 0.136. The van der Waals surface area contributed by atoms with Gasteiger partial charge in [0.05, 0.1) is 6.04 Å². The molecule has 3 unspecified atom stereocenters. The summed E-state index contributed by atoms with van der Waals surface area (Å²) < 4.78 is 0. The highest BCUT2D eigenvalue weighted by molar-refractivity contribution is 5.81. The summed E-state index contributed by atoms with van der Waals surface area (Å²) in [6.07, 6.45) is 3.52. The summed E-state index contributed by atoms with van der Waals surface area (Å²) in [7, 11) is 0. The molecule has 1 fully saturated rings. The zero-order valence-electron chi connectivity index (χ0n) is 8.26. The average molecular weight is 169 g/mol. The lowest BCUT2D eigenvalue weighted by molar-refractivity contribution is -0.118. The third-order valence-electron chi connectivity index (χ3n) is 2.86. The van der Waals surface area contributed by atoms with Gasteiger partial charge in [-0.2, -0.15) is 0 Å². The third-order valence-corrected chi connectivity index (χ3v) is 2.86. The fourth-order valence-corrected chi connectivity index (χ4v) is 2.05. The Bertz CT molecular complexity index is 167. The van der Waals surface area contributed by atoms with E-state index in [1.807, 2.05) is 0 Å². The van der Waals surface area contributed by atoms with Gasteiger partial charge in [-0.1, -0.05) is 13.3 Å². The third kappa shape index (κ3) is 2.07. The molecule has 1 N–H and O–H groups in total. The maximum Gasteiger partial charge on any atom is 0.146 e. The second kappa shape index (κ2) is 4.04. The SMILES string of the molecule is CCCC1CC(C(C)=O)NC1C. The van der Waals surface area contributed by atoms with Crippen molar-refractivity contribution in [3.8, 4) is 0 Å². The second-order valence-corrected chi connectivity index (χ2v) is 3.90. The monoisotopic (exact) mass is 169 g/mol. The molecule has 1 saturated heterocycles. The van der Waals surface area contributed by atoms with E-state index in [0.717, 1.165) is 6.42 Å². The van der Waals surface area contributed by atoms with E-state index >= 15 is 0 Å². The highest BCUT2D eigenvalue weighted by atomic mass is 16.1.